The van der Waals surface area contributed by atoms with Crippen molar-refractivity contribution in [2.45, 2.75) is 6.42 Å². The van der Waals surface area contributed by atoms with E-state index in [2.05, 4.69) is 15.5 Å². The number of rotatable bonds is 6. The van der Waals surface area contributed by atoms with Crippen molar-refractivity contribution < 1.29 is 13.9 Å². The van der Waals surface area contributed by atoms with Crippen LogP contribution < -0.4 is 10.1 Å². The standard InChI is InChI=1S/C13H14FN3O2/c14-10-1-3-12(4-2-10)19-9-13(18)15-7-5-11-6-8-16-17-11/h1-4,6,8H,5,7,9H2,(H,15,18)(H,16,17). The zero-order chi connectivity index (χ0) is 13.5. The van der Waals surface area contributed by atoms with Crippen molar-refractivity contribution in [3.05, 3.63) is 48.0 Å². The van der Waals surface area contributed by atoms with Crippen molar-refractivity contribution in [3.8, 4) is 5.75 Å². The van der Waals surface area contributed by atoms with Gasteiger partial charge in [-0.25, -0.2) is 4.39 Å². The number of hydrogen-bond donors (Lipinski definition) is 2. The molecule has 0 unspecified atom stereocenters. The molecule has 1 aromatic heterocycles. The molecular weight excluding hydrogens is 249 g/mol. The molecule has 1 amide bonds. The number of halogens is 1. The topological polar surface area (TPSA) is 67.0 Å². The first-order valence-electron chi connectivity index (χ1n) is 5.87. The van der Waals surface area contributed by atoms with Gasteiger partial charge in [-0.3, -0.25) is 9.89 Å². The van der Waals surface area contributed by atoms with E-state index in [-0.39, 0.29) is 18.3 Å². The van der Waals surface area contributed by atoms with Crippen LogP contribution in [-0.2, 0) is 11.2 Å². The Balaban J connectivity index is 1.65. The molecular formula is C13H14FN3O2. The average Bonchev–Trinajstić information content (AvgIpc) is 2.91. The van der Waals surface area contributed by atoms with E-state index < -0.39 is 0 Å². The zero-order valence-corrected chi connectivity index (χ0v) is 10.2. The van der Waals surface area contributed by atoms with Gasteiger partial charge in [0.15, 0.2) is 6.61 Å². The first-order valence-corrected chi connectivity index (χ1v) is 5.87. The summed E-state index contributed by atoms with van der Waals surface area (Å²) in [4.78, 5) is 11.5. The van der Waals surface area contributed by atoms with Gasteiger partial charge in [-0.2, -0.15) is 5.10 Å². The largest absolute Gasteiger partial charge is 0.484 e. The Morgan fingerprint density at radius 3 is 2.79 bits per heavy atom. The van der Waals surface area contributed by atoms with Crippen molar-refractivity contribution in [2.75, 3.05) is 13.2 Å². The SMILES string of the molecule is O=C(COc1ccc(F)cc1)NCCc1ccn[nH]1. The molecule has 19 heavy (non-hydrogen) atoms. The number of aromatic nitrogens is 2. The highest BCUT2D eigenvalue weighted by molar-refractivity contribution is 5.77. The van der Waals surface area contributed by atoms with Gasteiger partial charge in [0.25, 0.3) is 5.91 Å². The summed E-state index contributed by atoms with van der Waals surface area (Å²) in [5.74, 6) is -0.0923. The molecule has 0 aliphatic rings. The highest BCUT2D eigenvalue weighted by atomic mass is 19.1. The molecule has 0 aliphatic carbocycles. The molecule has 0 radical (unpaired) electrons. The third-order valence-corrected chi connectivity index (χ3v) is 2.46. The third-order valence-electron chi connectivity index (χ3n) is 2.46. The van der Waals surface area contributed by atoms with E-state index in [1.807, 2.05) is 6.07 Å². The maximum absolute atomic E-state index is 12.6. The fourth-order valence-corrected chi connectivity index (χ4v) is 1.49. The van der Waals surface area contributed by atoms with Crippen LogP contribution in [0.3, 0.4) is 0 Å². The molecule has 0 saturated heterocycles. The van der Waals surface area contributed by atoms with Crippen LogP contribution in [-0.4, -0.2) is 29.3 Å². The minimum absolute atomic E-state index is 0.0887. The summed E-state index contributed by atoms with van der Waals surface area (Å²) < 4.78 is 17.9. The molecule has 0 atom stereocenters. The van der Waals surface area contributed by atoms with Crippen molar-refractivity contribution in [1.29, 1.82) is 0 Å². The molecule has 1 aromatic carbocycles. The number of nitrogens with zero attached hydrogens (tertiary/aromatic N) is 1. The lowest BCUT2D eigenvalue weighted by atomic mass is 10.3. The Labute approximate surface area is 109 Å². The van der Waals surface area contributed by atoms with Gasteiger partial charge in [-0.15, -0.1) is 0 Å². The number of aromatic amines is 1. The zero-order valence-electron chi connectivity index (χ0n) is 10.2. The molecule has 2 rings (SSSR count). The Kier molecular flexibility index (Phi) is 4.49. The molecule has 2 N–H and O–H groups in total. The van der Waals surface area contributed by atoms with Crippen LogP contribution in [0.15, 0.2) is 36.5 Å². The molecule has 0 aliphatic heterocycles. The van der Waals surface area contributed by atoms with Crippen LogP contribution in [0, 0.1) is 5.82 Å². The van der Waals surface area contributed by atoms with Crippen molar-refractivity contribution in [1.82, 2.24) is 15.5 Å². The number of benzene rings is 1. The molecule has 0 fully saturated rings. The smallest absolute Gasteiger partial charge is 0.257 e. The van der Waals surface area contributed by atoms with Gasteiger partial charge in [-0.1, -0.05) is 0 Å². The van der Waals surface area contributed by atoms with Gasteiger partial charge < -0.3 is 10.1 Å². The van der Waals surface area contributed by atoms with E-state index in [1.165, 1.54) is 24.3 Å². The molecule has 6 heteroatoms. The van der Waals surface area contributed by atoms with E-state index in [0.717, 1.165) is 5.69 Å². The second kappa shape index (κ2) is 6.53. The highest BCUT2D eigenvalue weighted by Crippen LogP contribution is 2.10. The number of carbonyl (C=O) groups excluding carboxylic acids is 1. The van der Waals surface area contributed by atoms with Crippen LogP contribution >= 0.6 is 0 Å². The first-order chi connectivity index (χ1) is 9.24. The van der Waals surface area contributed by atoms with Crippen LogP contribution in [0.5, 0.6) is 5.75 Å². The Morgan fingerprint density at radius 1 is 1.32 bits per heavy atom. The van der Waals surface area contributed by atoms with Crippen molar-refractivity contribution in [3.63, 3.8) is 0 Å². The number of carbonyl (C=O) groups is 1. The lowest BCUT2D eigenvalue weighted by Crippen LogP contribution is -2.30. The third kappa shape index (κ3) is 4.42. The average molecular weight is 263 g/mol. The fraction of sp³-hybridized carbons (Fsp3) is 0.231. The number of H-pyrrole nitrogens is 1. The molecule has 100 valence electrons. The van der Waals surface area contributed by atoms with Crippen LogP contribution in [0.2, 0.25) is 0 Å². The quantitative estimate of drug-likeness (QED) is 0.825. The molecule has 2 aromatic rings. The normalized spacial score (nSPS) is 10.2. The number of hydrogen-bond acceptors (Lipinski definition) is 3. The lowest BCUT2D eigenvalue weighted by molar-refractivity contribution is -0.123. The van der Waals surface area contributed by atoms with E-state index >= 15 is 0 Å². The number of nitrogens with one attached hydrogen (secondary N) is 2. The molecule has 1 heterocycles. The monoisotopic (exact) mass is 263 g/mol. The first kappa shape index (κ1) is 13.1. The summed E-state index contributed by atoms with van der Waals surface area (Å²) in [5, 5.41) is 9.33. The highest BCUT2D eigenvalue weighted by Gasteiger charge is 2.03. The second-order valence-electron chi connectivity index (χ2n) is 3.92. The molecule has 0 saturated carbocycles. The lowest BCUT2D eigenvalue weighted by Gasteiger charge is -2.06. The van der Waals surface area contributed by atoms with E-state index in [4.69, 9.17) is 4.74 Å². The summed E-state index contributed by atoms with van der Waals surface area (Å²) in [6, 6.07) is 7.37. The Bertz CT molecular complexity index is 511. The maximum Gasteiger partial charge on any atom is 0.257 e. The van der Waals surface area contributed by atoms with Gasteiger partial charge in [-0.05, 0) is 30.3 Å². The summed E-state index contributed by atoms with van der Waals surface area (Å²) >= 11 is 0. The number of amides is 1. The predicted molar refractivity (Wildman–Crippen MR) is 67.2 cm³/mol. The maximum atomic E-state index is 12.6. The van der Waals surface area contributed by atoms with E-state index in [1.54, 1.807) is 6.20 Å². The van der Waals surface area contributed by atoms with Crippen LogP contribution in [0.4, 0.5) is 4.39 Å². The minimum Gasteiger partial charge on any atom is -0.484 e. The summed E-state index contributed by atoms with van der Waals surface area (Å²) in [6.45, 7) is 0.419. The van der Waals surface area contributed by atoms with Gasteiger partial charge in [0, 0.05) is 24.9 Å². The summed E-state index contributed by atoms with van der Waals surface area (Å²) in [5.41, 5.74) is 0.958. The van der Waals surface area contributed by atoms with Gasteiger partial charge in [0.2, 0.25) is 0 Å². The van der Waals surface area contributed by atoms with E-state index in [9.17, 15) is 9.18 Å². The summed E-state index contributed by atoms with van der Waals surface area (Å²) in [7, 11) is 0. The minimum atomic E-state index is -0.337. The van der Waals surface area contributed by atoms with E-state index in [0.29, 0.717) is 18.7 Å². The molecule has 0 spiro atoms. The molecule has 5 nitrogen and oxygen atoms in total. The van der Waals surface area contributed by atoms with Gasteiger partial charge >= 0.3 is 0 Å². The fourth-order valence-electron chi connectivity index (χ4n) is 1.49. The van der Waals surface area contributed by atoms with Crippen molar-refractivity contribution in [2.24, 2.45) is 0 Å². The predicted octanol–water partition coefficient (Wildman–Crippen LogP) is 1.29. The number of ether oxygens (including phenoxy) is 1. The van der Waals surface area contributed by atoms with Gasteiger partial charge in [0.05, 0.1) is 0 Å². The van der Waals surface area contributed by atoms with Crippen LogP contribution in [0.25, 0.3) is 0 Å². The van der Waals surface area contributed by atoms with Crippen molar-refractivity contribution >= 4 is 5.91 Å². The Hall–Kier alpha value is -2.37. The Morgan fingerprint density at radius 2 is 2.11 bits per heavy atom. The molecule has 0 bridgehead atoms. The van der Waals surface area contributed by atoms with Crippen LogP contribution in [0.1, 0.15) is 5.69 Å². The second-order valence-corrected chi connectivity index (χ2v) is 3.92. The van der Waals surface area contributed by atoms with Gasteiger partial charge in [0.1, 0.15) is 11.6 Å². The summed E-state index contributed by atoms with van der Waals surface area (Å²) in [6.07, 6.45) is 2.34.